The van der Waals surface area contributed by atoms with Gasteiger partial charge in [-0.2, -0.15) is 0 Å². The molecule has 0 atom stereocenters. The third-order valence-electron chi connectivity index (χ3n) is 3.58. The molecule has 2 aromatic carbocycles. The van der Waals surface area contributed by atoms with E-state index in [0.717, 1.165) is 22.9 Å². The summed E-state index contributed by atoms with van der Waals surface area (Å²) in [5.74, 6) is 1.93. The molecule has 0 aromatic heterocycles. The van der Waals surface area contributed by atoms with Crippen LogP contribution in [-0.2, 0) is 9.53 Å². The lowest BCUT2D eigenvalue weighted by atomic mass is 10.2. The fraction of sp³-hybridized carbons (Fsp3) is 0.381. The van der Waals surface area contributed by atoms with Gasteiger partial charge in [0.2, 0.25) is 5.91 Å². The zero-order valence-electron chi connectivity index (χ0n) is 16.2. The Hall–Kier alpha value is -2.73. The monoisotopic (exact) mass is 372 g/mol. The maximum absolute atomic E-state index is 12.1. The molecule has 0 spiro atoms. The van der Waals surface area contributed by atoms with Crippen molar-refractivity contribution in [3.05, 3.63) is 48.5 Å². The molecule has 2 N–H and O–H groups in total. The van der Waals surface area contributed by atoms with E-state index in [1.54, 1.807) is 19.2 Å². The first-order valence-electron chi connectivity index (χ1n) is 9.05. The van der Waals surface area contributed by atoms with Gasteiger partial charge in [-0.1, -0.05) is 13.8 Å². The molecular weight excluding hydrogens is 344 g/mol. The molecule has 0 saturated carbocycles. The predicted octanol–water partition coefficient (Wildman–Crippen LogP) is 3.80. The van der Waals surface area contributed by atoms with E-state index in [0.29, 0.717) is 25.7 Å². The summed E-state index contributed by atoms with van der Waals surface area (Å²) in [6.07, 6.45) is 0. The summed E-state index contributed by atoms with van der Waals surface area (Å²) in [7, 11) is 1.63. The highest BCUT2D eigenvalue weighted by Gasteiger charge is 2.04. The summed E-state index contributed by atoms with van der Waals surface area (Å²) >= 11 is 0. The summed E-state index contributed by atoms with van der Waals surface area (Å²) in [6, 6.07) is 14.8. The summed E-state index contributed by atoms with van der Waals surface area (Å²) in [6.45, 7) is 6.11. The quantitative estimate of drug-likeness (QED) is 0.587. The number of hydrogen-bond donors (Lipinski definition) is 2. The Morgan fingerprint density at radius 1 is 0.889 bits per heavy atom. The van der Waals surface area contributed by atoms with Crippen molar-refractivity contribution >= 4 is 17.3 Å². The van der Waals surface area contributed by atoms with Crippen molar-refractivity contribution in [1.82, 2.24) is 0 Å². The predicted molar refractivity (Wildman–Crippen MR) is 108 cm³/mol. The van der Waals surface area contributed by atoms with E-state index in [9.17, 15) is 4.79 Å². The van der Waals surface area contributed by atoms with Gasteiger partial charge in [0.1, 0.15) is 18.1 Å². The van der Waals surface area contributed by atoms with E-state index in [1.807, 2.05) is 36.4 Å². The molecule has 0 saturated heterocycles. The lowest BCUT2D eigenvalue weighted by Gasteiger charge is -2.11. The number of anilines is 2. The van der Waals surface area contributed by atoms with Crippen LogP contribution in [0.25, 0.3) is 0 Å². The second-order valence-corrected chi connectivity index (χ2v) is 6.50. The number of carbonyl (C=O) groups excluding carboxylic acids is 1. The Bertz CT molecular complexity index is 684. The van der Waals surface area contributed by atoms with Crippen LogP contribution in [0, 0.1) is 5.92 Å². The third kappa shape index (κ3) is 8.00. The molecule has 2 aromatic rings. The van der Waals surface area contributed by atoms with Crippen LogP contribution in [0.3, 0.4) is 0 Å². The zero-order chi connectivity index (χ0) is 19.5. The molecule has 0 bridgehead atoms. The van der Waals surface area contributed by atoms with Gasteiger partial charge in [-0.05, 0) is 54.4 Å². The van der Waals surface area contributed by atoms with Crippen LogP contribution in [0.2, 0.25) is 0 Å². The first-order chi connectivity index (χ1) is 13.1. The molecule has 0 unspecified atom stereocenters. The molecule has 6 heteroatoms. The molecular formula is C21H28N2O4. The number of benzene rings is 2. The van der Waals surface area contributed by atoms with Crippen LogP contribution in [0.4, 0.5) is 11.4 Å². The second-order valence-electron chi connectivity index (χ2n) is 6.50. The Morgan fingerprint density at radius 2 is 1.48 bits per heavy atom. The summed E-state index contributed by atoms with van der Waals surface area (Å²) in [4.78, 5) is 12.1. The smallest absolute Gasteiger partial charge is 0.243 e. The Balaban J connectivity index is 1.74. The number of rotatable bonds is 11. The van der Waals surface area contributed by atoms with Gasteiger partial charge in [-0.25, -0.2) is 0 Å². The van der Waals surface area contributed by atoms with Gasteiger partial charge in [0, 0.05) is 18.5 Å². The van der Waals surface area contributed by atoms with Crippen LogP contribution in [0.1, 0.15) is 13.8 Å². The highest BCUT2D eigenvalue weighted by molar-refractivity contribution is 5.93. The van der Waals surface area contributed by atoms with Crippen molar-refractivity contribution in [2.75, 3.05) is 44.1 Å². The van der Waals surface area contributed by atoms with Gasteiger partial charge in [-0.15, -0.1) is 0 Å². The summed E-state index contributed by atoms with van der Waals surface area (Å²) in [5.41, 5.74) is 1.59. The fourth-order valence-electron chi connectivity index (χ4n) is 2.20. The molecule has 0 heterocycles. The summed E-state index contributed by atoms with van der Waals surface area (Å²) in [5, 5.41) is 5.94. The number of ether oxygens (including phenoxy) is 3. The molecule has 0 radical (unpaired) electrons. The van der Waals surface area contributed by atoms with Gasteiger partial charge in [0.25, 0.3) is 0 Å². The van der Waals surface area contributed by atoms with Gasteiger partial charge >= 0.3 is 0 Å². The second kappa shape index (κ2) is 11.1. The van der Waals surface area contributed by atoms with Gasteiger partial charge in [0.15, 0.2) is 0 Å². The van der Waals surface area contributed by atoms with Crippen molar-refractivity contribution in [2.24, 2.45) is 5.92 Å². The van der Waals surface area contributed by atoms with Crippen molar-refractivity contribution in [1.29, 1.82) is 0 Å². The van der Waals surface area contributed by atoms with E-state index in [1.165, 1.54) is 0 Å². The number of nitrogens with one attached hydrogen (secondary N) is 2. The first-order valence-corrected chi connectivity index (χ1v) is 9.05. The topological polar surface area (TPSA) is 68.8 Å². The van der Waals surface area contributed by atoms with Crippen molar-refractivity contribution < 1.29 is 19.0 Å². The van der Waals surface area contributed by atoms with E-state index < -0.39 is 0 Å². The van der Waals surface area contributed by atoms with Gasteiger partial charge < -0.3 is 24.8 Å². The molecule has 146 valence electrons. The normalized spacial score (nSPS) is 10.5. The lowest BCUT2D eigenvalue weighted by molar-refractivity contribution is -0.114. The SMILES string of the molecule is COCCOc1ccc(NC(=O)CNc2ccc(OCC(C)C)cc2)cc1. The third-order valence-corrected chi connectivity index (χ3v) is 3.58. The minimum Gasteiger partial charge on any atom is -0.493 e. The number of carbonyl (C=O) groups is 1. The van der Waals surface area contributed by atoms with Crippen LogP contribution < -0.4 is 20.1 Å². The van der Waals surface area contributed by atoms with Crippen LogP contribution in [-0.4, -0.2) is 39.4 Å². The first kappa shape index (κ1) is 20.6. The highest BCUT2D eigenvalue weighted by Crippen LogP contribution is 2.17. The number of amides is 1. The van der Waals surface area contributed by atoms with Crippen LogP contribution >= 0.6 is 0 Å². The molecule has 0 aliphatic rings. The maximum Gasteiger partial charge on any atom is 0.243 e. The molecule has 2 rings (SSSR count). The lowest BCUT2D eigenvalue weighted by Crippen LogP contribution is -2.21. The maximum atomic E-state index is 12.1. The van der Waals surface area contributed by atoms with Crippen LogP contribution in [0.15, 0.2) is 48.5 Å². The molecule has 1 amide bonds. The van der Waals surface area contributed by atoms with Gasteiger partial charge in [-0.3, -0.25) is 4.79 Å². The van der Waals surface area contributed by atoms with Crippen molar-refractivity contribution in [3.8, 4) is 11.5 Å². The average molecular weight is 372 g/mol. The largest absolute Gasteiger partial charge is 0.493 e. The fourth-order valence-corrected chi connectivity index (χ4v) is 2.20. The minimum atomic E-state index is -0.122. The van der Waals surface area contributed by atoms with E-state index in [4.69, 9.17) is 14.2 Å². The highest BCUT2D eigenvalue weighted by atomic mass is 16.5. The Morgan fingerprint density at radius 3 is 2.07 bits per heavy atom. The minimum absolute atomic E-state index is 0.122. The zero-order valence-corrected chi connectivity index (χ0v) is 16.2. The average Bonchev–Trinajstić information content (AvgIpc) is 2.67. The van der Waals surface area contributed by atoms with Crippen molar-refractivity contribution in [2.45, 2.75) is 13.8 Å². The van der Waals surface area contributed by atoms with Gasteiger partial charge in [0.05, 0.1) is 19.8 Å². The number of hydrogen-bond acceptors (Lipinski definition) is 5. The summed E-state index contributed by atoms with van der Waals surface area (Å²) < 4.78 is 16.1. The van der Waals surface area contributed by atoms with Crippen molar-refractivity contribution in [3.63, 3.8) is 0 Å². The van der Waals surface area contributed by atoms with E-state index in [-0.39, 0.29) is 12.5 Å². The molecule has 0 aliphatic heterocycles. The number of methoxy groups -OCH3 is 1. The van der Waals surface area contributed by atoms with E-state index >= 15 is 0 Å². The molecule has 27 heavy (non-hydrogen) atoms. The Kier molecular flexibility index (Phi) is 8.45. The molecule has 0 fully saturated rings. The molecule has 0 aliphatic carbocycles. The molecule has 6 nitrogen and oxygen atoms in total. The van der Waals surface area contributed by atoms with E-state index in [2.05, 4.69) is 24.5 Å². The Labute approximate surface area is 160 Å². The van der Waals surface area contributed by atoms with Crippen LogP contribution in [0.5, 0.6) is 11.5 Å². The standard InChI is InChI=1S/C21H28N2O4/c1-16(2)15-27-20-8-4-17(5-9-20)22-14-21(24)23-18-6-10-19(11-7-18)26-13-12-25-3/h4-11,16,22H,12-15H2,1-3H3,(H,23,24).